The summed E-state index contributed by atoms with van der Waals surface area (Å²) >= 11 is 0. The van der Waals surface area contributed by atoms with Gasteiger partial charge in [0, 0.05) is 30.7 Å². The van der Waals surface area contributed by atoms with Gasteiger partial charge in [-0.2, -0.15) is 0 Å². The molecule has 0 amide bonds. The number of hydrogen-bond acceptors (Lipinski definition) is 9. The fourth-order valence-electron chi connectivity index (χ4n) is 6.59. The first-order valence-corrected chi connectivity index (χ1v) is 14.9. The molecule has 2 aromatic carbocycles. The van der Waals surface area contributed by atoms with Crippen LogP contribution in [0.1, 0.15) is 82.3 Å². The molecule has 2 aliphatic carbocycles. The molecule has 1 heterocycles. The lowest BCUT2D eigenvalue weighted by molar-refractivity contribution is -0.144. The average Bonchev–Trinajstić information content (AvgIpc) is 3.49. The Kier molecular flexibility index (Phi) is 9.18. The quantitative estimate of drug-likeness (QED) is 0.255. The first-order chi connectivity index (χ1) is 20.7. The van der Waals surface area contributed by atoms with Crippen molar-refractivity contribution in [3.8, 4) is 23.0 Å². The van der Waals surface area contributed by atoms with Gasteiger partial charge in [-0.3, -0.25) is 14.6 Å². The van der Waals surface area contributed by atoms with E-state index in [1.807, 2.05) is 32.0 Å². The molecule has 3 atom stereocenters. The summed E-state index contributed by atoms with van der Waals surface area (Å²) in [5.41, 5.74) is 3.33. The van der Waals surface area contributed by atoms with Gasteiger partial charge in [0.25, 0.3) is 0 Å². The Morgan fingerprint density at radius 2 is 1.56 bits per heavy atom. The number of ether oxygens (including phenoxy) is 5. The van der Waals surface area contributed by atoms with E-state index in [2.05, 4.69) is 0 Å². The minimum Gasteiger partial charge on any atom is -0.493 e. The zero-order chi connectivity index (χ0) is 30.7. The third kappa shape index (κ3) is 6.31. The predicted octanol–water partition coefficient (Wildman–Crippen LogP) is 6.09. The number of hydrogen-bond donors (Lipinski definition) is 0. The van der Waals surface area contributed by atoms with E-state index >= 15 is 0 Å². The van der Waals surface area contributed by atoms with Gasteiger partial charge in [0.1, 0.15) is 11.9 Å². The van der Waals surface area contributed by atoms with Gasteiger partial charge in [0.05, 0.1) is 32.3 Å². The van der Waals surface area contributed by atoms with Crippen LogP contribution in [0.3, 0.4) is 0 Å². The highest BCUT2D eigenvalue weighted by molar-refractivity contribution is 6.12. The second-order valence-corrected chi connectivity index (χ2v) is 11.3. The lowest BCUT2D eigenvalue weighted by atomic mass is 9.66. The van der Waals surface area contributed by atoms with Crippen molar-refractivity contribution in [3.05, 3.63) is 58.8 Å². The summed E-state index contributed by atoms with van der Waals surface area (Å²) in [6.07, 6.45) is 4.40. The van der Waals surface area contributed by atoms with Crippen molar-refractivity contribution >= 4 is 23.4 Å². The van der Waals surface area contributed by atoms with Gasteiger partial charge in [0.2, 0.25) is 0 Å². The molecule has 5 rings (SSSR count). The molecule has 1 aliphatic heterocycles. The number of carbonyl (C=O) groups excluding carboxylic acids is 3. The van der Waals surface area contributed by atoms with E-state index in [9.17, 15) is 14.4 Å². The summed E-state index contributed by atoms with van der Waals surface area (Å²) in [6, 6.07) is 10.9. The van der Waals surface area contributed by atoms with Crippen molar-refractivity contribution in [2.75, 3.05) is 20.8 Å². The van der Waals surface area contributed by atoms with E-state index in [0.717, 1.165) is 37.0 Å². The number of carbonyl (C=O) groups is 3. The van der Waals surface area contributed by atoms with Crippen molar-refractivity contribution in [1.29, 1.82) is 0 Å². The normalized spacial score (nSPS) is 22.0. The van der Waals surface area contributed by atoms with E-state index < -0.39 is 23.8 Å². The number of allylic oxidation sites excluding steroid dienone is 1. The molecule has 9 nitrogen and oxygen atoms in total. The summed E-state index contributed by atoms with van der Waals surface area (Å²) in [4.78, 5) is 44.5. The van der Waals surface area contributed by atoms with Crippen LogP contribution < -0.4 is 18.9 Å². The highest BCUT2D eigenvalue weighted by atomic mass is 16.6. The van der Waals surface area contributed by atoms with Crippen molar-refractivity contribution < 1.29 is 38.1 Å². The van der Waals surface area contributed by atoms with Crippen LogP contribution >= 0.6 is 0 Å². The summed E-state index contributed by atoms with van der Waals surface area (Å²) in [5, 5.41) is 0. The molecule has 1 unspecified atom stereocenters. The molecule has 228 valence electrons. The first kappa shape index (κ1) is 30.3. The maximum atomic E-state index is 14.1. The number of esters is 2. The molecular formula is C34H39NO8. The highest BCUT2D eigenvalue weighted by Crippen LogP contribution is 2.48. The van der Waals surface area contributed by atoms with Crippen LogP contribution in [0.2, 0.25) is 0 Å². The number of nitrogens with zero attached hydrogens (tertiary/aromatic N) is 1. The molecule has 0 saturated heterocycles. The zero-order valence-electron chi connectivity index (χ0n) is 25.4. The molecule has 0 bridgehead atoms. The molecule has 2 fully saturated rings. The van der Waals surface area contributed by atoms with Crippen LogP contribution in [-0.4, -0.2) is 50.4 Å². The standard InChI is InChI=1S/C34H39NO8/c1-6-41-30-18-22(12-14-28(30)42-20(3)36)32-31(34(38)43-24-9-7-8-10-24)19(2)35-25-15-23(16-26(37)33(25)32)21-11-13-27(39-4)29(17-21)40-5/h11-14,17-18,23-24,32-33H,6-10,15-16H2,1-5H3/t23-,32+,33?/m0/s1. The number of benzene rings is 2. The highest BCUT2D eigenvalue weighted by Gasteiger charge is 2.46. The van der Waals surface area contributed by atoms with Crippen LogP contribution in [0.15, 0.2) is 52.7 Å². The fourth-order valence-corrected chi connectivity index (χ4v) is 6.59. The smallest absolute Gasteiger partial charge is 0.336 e. The SMILES string of the molecule is CCOc1cc([C@@H]2C(C(=O)OC3CCCC3)=C(C)N=C3C[C@H](c4ccc(OC)c(OC)c4)CC(=O)C32)ccc1OC(C)=O. The Hall–Kier alpha value is -4.14. The van der Waals surface area contributed by atoms with E-state index in [-0.39, 0.29) is 30.0 Å². The third-order valence-electron chi connectivity index (χ3n) is 8.51. The van der Waals surface area contributed by atoms with Crippen LogP contribution in [0, 0.1) is 5.92 Å². The number of Topliss-reactive ketones (excluding diaryl/α,β-unsaturated/α-hetero) is 1. The van der Waals surface area contributed by atoms with E-state index in [4.69, 9.17) is 28.7 Å². The van der Waals surface area contributed by atoms with E-state index in [1.54, 1.807) is 32.4 Å². The fraction of sp³-hybridized carbons (Fsp3) is 0.471. The van der Waals surface area contributed by atoms with Crippen molar-refractivity contribution in [2.45, 2.75) is 77.2 Å². The summed E-state index contributed by atoms with van der Waals surface area (Å²) in [5.74, 6) is -0.408. The largest absolute Gasteiger partial charge is 0.493 e. The molecular weight excluding hydrogens is 550 g/mol. The number of methoxy groups -OCH3 is 2. The first-order valence-electron chi connectivity index (χ1n) is 14.9. The number of fused-ring (bicyclic) bond motifs is 1. The molecule has 2 aromatic rings. The van der Waals surface area contributed by atoms with Gasteiger partial charge in [0.15, 0.2) is 23.0 Å². The van der Waals surface area contributed by atoms with Crippen molar-refractivity contribution in [1.82, 2.24) is 0 Å². The number of aliphatic imine (C=N–C) groups is 1. The zero-order valence-corrected chi connectivity index (χ0v) is 25.4. The second-order valence-electron chi connectivity index (χ2n) is 11.3. The van der Waals surface area contributed by atoms with Crippen molar-refractivity contribution in [2.24, 2.45) is 10.9 Å². The Labute approximate surface area is 252 Å². The minimum absolute atomic E-state index is 0.00419. The lowest BCUT2D eigenvalue weighted by Gasteiger charge is -2.38. The Morgan fingerprint density at radius 3 is 2.23 bits per heavy atom. The number of ketones is 1. The van der Waals surface area contributed by atoms with Gasteiger partial charge in [-0.25, -0.2) is 4.79 Å². The number of rotatable bonds is 9. The molecule has 43 heavy (non-hydrogen) atoms. The maximum Gasteiger partial charge on any atom is 0.336 e. The van der Waals surface area contributed by atoms with Gasteiger partial charge < -0.3 is 23.7 Å². The van der Waals surface area contributed by atoms with E-state index in [0.29, 0.717) is 47.1 Å². The van der Waals surface area contributed by atoms with E-state index in [1.165, 1.54) is 6.92 Å². The van der Waals surface area contributed by atoms with Gasteiger partial charge in [-0.15, -0.1) is 0 Å². The summed E-state index contributed by atoms with van der Waals surface area (Å²) in [6.45, 7) is 5.31. The van der Waals surface area contributed by atoms with Crippen LogP contribution in [0.25, 0.3) is 0 Å². The molecule has 0 radical (unpaired) electrons. The van der Waals surface area contributed by atoms with Crippen molar-refractivity contribution in [3.63, 3.8) is 0 Å². The van der Waals surface area contributed by atoms with Gasteiger partial charge in [-0.05, 0) is 87.3 Å². The molecule has 9 heteroatoms. The third-order valence-corrected chi connectivity index (χ3v) is 8.51. The molecule has 0 N–H and O–H groups in total. The van der Waals surface area contributed by atoms with Gasteiger partial charge in [-0.1, -0.05) is 12.1 Å². The van der Waals surface area contributed by atoms with Crippen LogP contribution in [0.4, 0.5) is 0 Å². The lowest BCUT2D eigenvalue weighted by Crippen LogP contribution is -2.41. The molecule has 0 spiro atoms. The second kappa shape index (κ2) is 13.0. The van der Waals surface area contributed by atoms with Crippen LogP contribution in [-0.2, 0) is 19.1 Å². The Morgan fingerprint density at radius 1 is 0.884 bits per heavy atom. The molecule has 0 aromatic heterocycles. The summed E-state index contributed by atoms with van der Waals surface area (Å²) < 4.78 is 28.1. The minimum atomic E-state index is -0.639. The average molecular weight is 590 g/mol. The van der Waals surface area contributed by atoms with Gasteiger partial charge >= 0.3 is 11.9 Å². The Balaban J connectivity index is 1.56. The molecule has 3 aliphatic rings. The Bertz CT molecular complexity index is 1470. The predicted molar refractivity (Wildman–Crippen MR) is 160 cm³/mol. The maximum absolute atomic E-state index is 14.1. The monoisotopic (exact) mass is 589 g/mol. The molecule has 2 saturated carbocycles. The van der Waals surface area contributed by atoms with Crippen LogP contribution in [0.5, 0.6) is 23.0 Å². The summed E-state index contributed by atoms with van der Waals surface area (Å²) in [7, 11) is 3.17. The topological polar surface area (TPSA) is 110 Å².